The number of rotatable bonds is 9. The highest BCUT2D eigenvalue weighted by Crippen LogP contribution is 2.31. The number of carbonyl (C=O) groups is 3. The summed E-state index contributed by atoms with van der Waals surface area (Å²) in [6.07, 6.45) is 6.41. The van der Waals surface area contributed by atoms with Crippen molar-refractivity contribution < 1.29 is 14.4 Å². The summed E-state index contributed by atoms with van der Waals surface area (Å²) in [5.74, 6) is -0.196. The summed E-state index contributed by atoms with van der Waals surface area (Å²) in [4.78, 5) is 41.3. The molecule has 3 atom stereocenters. The molecule has 0 radical (unpaired) electrons. The highest BCUT2D eigenvalue weighted by molar-refractivity contribution is 7.10. The Balaban J connectivity index is 1.47. The second kappa shape index (κ2) is 11.7. The van der Waals surface area contributed by atoms with Gasteiger partial charge in [-0.25, -0.2) is 0 Å². The van der Waals surface area contributed by atoms with Crippen molar-refractivity contribution in [3.8, 4) is 11.3 Å². The van der Waals surface area contributed by atoms with Crippen molar-refractivity contribution in [1.82, 2.24) is 25.1 Å². The first kappa shape index (κ1) is 25.2. The number of hydrogen-bond donors (Lipinski definition) is 3. The number of nitrogens with one attached hydrogen (secondary N) is 3. The quantitative estimate of drug-likeness (QED) is 0.490. The first-order valence-corrected chi connectivity index (χ1v) is 13.2. The molecule has 1 aromatic carbocycles. The Hall–Kier alpha value is -2.85. The Labute approximate surface area is 210 Å². The zero-order valence-electron chi connectivity index (χ0n) is 20.3. The van der Waals surface area contributed by atoms with Crippen LogP contribution in [0, 0.1) is 5.92 Å². The van der Waals surface area contributed by atoms with E-state index < -0.39 is 18.1 Å². The van der Waals surface area contributed by atoms with E-state index in [0.717, 1.165) is 49.2 Å². The van der Waals surface area contributed by atoms with Gasteiger partial charge in [0.25, 0.3) is 0 Å². The van der Waals surface area contributed by atoms with E-state index in [-0.39, 0.29) is 17.7 Å². The summed E-state index contributed by atoms with van der Waals surface area (Å²) < 4.78 is 4.02. The van der Waals surface area contributed by atoms with Crippen LogP contribution in [0.5, 0.6) is 0 Å². The average molecular weight is 499 g/mol. The van der Waals surface area contributed by atoms with E-state index in [1.165, 1.54) is 0 Å². The number of anilines is 1. The molecule has 1 aliphatic heterocycles. The molecule has 9 nitrogen and oxygen atoms in total. The van der Waals surface area contributed by atoms with E-state index >= 15 is 0 Å². The van der Waals surface area contributed by atoms with Crippen molar-refractivity contribution in [2.24, 2.45) is 5.92 Å². The van der Waals surface area contributed by atoms with Crippen molar-refractivity contribution in [3.63, 3.8) is 0 Å². The third-order valence-corrected chi connectivity index (χ3v) is 7.74. The predicted octanol–water partition coefficient (Wildman–Crippen LogP) is 2.81. The Bertz CT molecular complexity index is 1020. The highest BCUT2D eigenvalue weighted by atomic mass is 32.1. The third-order valence-electron chi connectivity index (χ3n) is 7.10. The summed E-state index contributed by atoms with van der Waals surface area (Å²) in [6, 6.07) is 7.96. The summed E-state index contributed by atoms with van der Waals surface area (Å²) in [6.45, 7) is 2.27. The van der Waals surface area contributed by atoms with Gasteiger partial charge in [0.2, 0.25) is 17.7 Å². The van der Waals surface area contributed by atoms with Gasteiger partial charge in [0.15, 0.2) is 0 Å². The van der Waals surface area contributed by atoms with Crippen molar-refractivity contribution in [1.29, 1.82) is 0 Å². The molecule has 2 aromatic rings. The van der Waals surface area contributed by atoms with Gasteiger partial charge in [0.1, 0.15) is 22.8 Å². The van der Waals surface area contributed by atoms with Crippen LogP contribution in [0.4, 0.5) is 5.00 Å². The zero-order chi connectivity index (χ0) is 24.8. The van der Waals surface area contributed by atoms with Crippen LogP contribution in [0.3, 0.4) is 0 Å². The lowest BCUT2D eigenvalue weighted by molar-refractivity contribution is -0.140. The Morgan fingerprint density at radius 1 is 1.11 bits per heavy atom. The number of nitrogens with zero attached hydrogens (tertiary/aromatic N) is 3. The van der Waals surface area contributed by atoms with E-state index in [1.54, 1.807) is 18.9 Å². The minimum Gasteiger partial charge on any atom is -0.343 e. The SMILES string of the molecule is CN[C@@H](C)C(=O)N[C@@H](CC1CCCC1)C(=O)N1CCC[C@H]1C(=O)Nc1snnc1-c1ccccc1. The Morgan fingerprint density at radius 3 is 2.57 bits per heavy atom. The van der Waals surface area contributed by atoms with Gasteiger partial charge in [-0.1, -0.05) is 60.5 Å². The molecule has 1 aromatic heterocycles. The lowest BCUT2D eigenvalue weighted by atomic mass is 9.97. The van der Waals surface area contributed by atoms with E-state index in [9.17, 15) is 14.4 Å². The van der Waals surface area contributed by atoms with Crippen LogP contribution in [-0.4, -0.2) is 63.9 Å². The van der Waals surface area contributed by atoms with Gasteiger partial charge in [-0.15, -0.1) is 5.10 Å². The van der Waals surface area contributed by atoms with Crippen LogP contribution in [-0.2, 0) is 14.4 Å². The fourth-order valence-electron chi connectivity index (χ4n) is 4.98. The summed E-state index contributed by atoms with van der Waals surface area (Å²) in [5, 5.41) is 13.6. The predicted molar refractivity (Wildman–Crippen MR) is 136 cm³/mol. The van der Waals surface area contributed by atoms with Crippen LogP contribution < -0.4 is 16.0 Å². The molecule has 1 saturated heterocycles. The summed E-state index contributed by atoms with van der Waals surface area (Å²) in [7, 11) is 1.72. The first-order chi connectivity index (χ1) is 17.0. The molecular weight excluding hydrogens is 464 g/mol. The lowest BCUT2D eigenvalue weighted by Crippen LogP contribution is -2.55. The number of aromatic nitrogens is 2. The van der Waals surface area contributed by atoms with Gasteiger partial charge in [0, 0.05) is 23.6 Å². The molecule has 35 heavy (non-hydrogen) atoms. The van der Waals surface area contributed by atoms with E-state index in [1.807, 2.05) is 30.3 Å². The molecule has 1 saturated carbocycles. The highest BCUT2D eigenvalue weighted by Gasteiger charge is 2.39. The lowest BCUT2D eigenvalue weighted by Gasteiger charge is -2.30. The number of likely N-dealkylation sites (N-methyl/N-ethyl adjacent to an activating group) is 1. The molecule has 0 spiro atoms. The van der Waals surface area contributed by atoms with E-state index in [4.69, 9.17) is 0 Å². The van der Waals surface area contributed by atoms with Crippen molar-refractivity contribution >= 4 is 34.3 Å². The maximum atomic E-state index is 13.7. The van der Waals surface area contributed by atoms with E-state index in [0.29, 0.717) is 36.0 Å². The smallest absolute Gasteiger partial charge is 0.247 e. The van der Waals surface area contributed by atoms with Gasteiger partial charge < -0.3 is 20.9 Å². The molecule has 2 fully saturated rings. The Kier molecular flexibility index (Phi) is 8.46. The van der Waals surface area contributed by atoms with Crippen LogP contribution in [0.15, 0.2) is 30.3 Å². The van der Waals surface area contributed by atoms with Crippen LogP contribution in [0.2, 0.25) is 0 Å². The largest absolute Gasteiger partial charge is 0.343 e. The minimum atomic E-state index is -0.625. The second-order valence-corrected chi connectivity index (χ2v) is 10.2. The fraction of sp³-hybridized carbons (Fsp3) is 0.560. The van der Waals surface area contributed by atoms with Gasteiger partial charge in [-0.05, 0) is 39.2 Å². The molecule has 2 heterocycles. The molecule has 10 heteroatoms. The van der Waals surface area contributed by atoms with E-state index in [2.05, 4.69) is 25.5 Å². The number of carbonyl (C=O) groups excluding carboxylic acids is 3. The van der Waals surface area contributed by atoms with Gasteiger partial charge >= 0.3 is 0 Å². The van der Waals surface area contributed by atoms with Gasteiger partial charge in [-0.3, -0.25) is 14.4 Å². The molecule has 188 valence electrons. The third kappa shape index (κ3) is 6.05. The number of amides is 3. The standard InChI is InChI=1S/C25H34N6O3S/c1-16(26-2)22(32)27-19(15-17-9-6-7-10-17)25(34)31-14-8-13-20(31)23(33)28-24-21(29-30-35-24)18-11-4-3-5-12-18/h3-5,11-12,16-17,19-20,26H,6-10,13-15H2,1-2H3,(H,27,32)(H,28,33)/t16-,19-,20-/m0/s1. The topological polar surface area (TPSA) is 116 Å². The van der Waals surface area contributed by atoms with Gasteiger partial charge in [-0.2, -0.15) is 0 Å². The zero-order valence-corrected chi connectivity index (χ0v) is 21.1. The van der Waals surface area contributed by atoms with Crippen LogP contribution in [0.25, 0.3) is 11.3 Å². The minimum absolute atomic E-state index is 0.170. The average Bonchev–Trinajstić information content (AvgIpc) is 3.65. The summed E-state index contributed by atoms with van der Waals surface area (Å²) in [5.41, 5.74) is 1.49. The number of likely N-dealkylation sites (tertiary alicyclic amines) is 1. The monoisotopic (exact) mass is 498 g/mol. The second-order valence-electron chi connectivity index (χ2n) is 9.45. The first-order valence-electron chi connectivity index (χ1n) is 12.4. The fourth-order valence-corrected chi connectivity index (χ4v) is 5.58. The molecule has 1 aliphatic carbocycles. The maximum Gasteiger partial charge on any atom is 0.247 e. The van der Waals surface area contributed by atoms with Crippen molar-refractivity contribution in [3.05, 3.63) is 30.3 Å². The molecule has 2 aliphatic rings. The van der Waals surface area contributed by atoms with Crippen molar-refractivity contribution in [2.75, 3.05) is 18.9 Å². The normalized spacial score (nSPS) is 19.9. The molecule has 3 N–H and O–H groups in total. The molecule has 0 bridgehead atoms. The van der Waals surface area contributed by atoms with Crippen LogP contribution in [0.1, 0.15) is 51.9 Å². The number of benzene rings is 1. The van der Waals surface area contributed by atoms with Crippen LogP contribution >= 0.6 is 11.5 Å². The Morgan fingerprint density at radius 2 is 1.86 bits per heavy atom. The summed E-state index contributed by atoms with van der Waals surface area (Å²) >= 11 is 1.12. The van der Waals surface area contributed by atoms with Crippen molar-refractivity contribution in [2.45, 2.75) is 70.0 Å². The van der Waals surface area contributed by atoms with Gasteiger partial charge in [0.05, 0.1) is 6.04 Å². The molecular formula is C25H34N6O3S. The molecule has 4 rings (SSSR count). The number of hydrogen-bond acceptors (Lipinski definition) is 7. The molecule has 0 unspecified atom stereocenters. The maximum absolute atomic E-state index is 13.7. The molecule has 3 amide bonds.